The van der Waals surface area contributed by atoms with E-state index in [0.717, 1.165) is 29.1 Å². The summed E-state index contributed by atoms with van der Waals surface area (Å²) in [6.07, 6.45) is 2.05. The molecule has 0 fully saturated rings. The van der Waals surface area contributed by atoms with Gasteiger partial charge in [-0.3, -0.25) is 4.68 Å². The van der Waals surface area contributed by atoms with Crippen LogP contribution in [0.2, 0.25) is 0 Å². The Morgan fingerprint density at radius 1 is 1.39 bits per heavy atom. The fourth-order valence-electron chi connectivity index (χ4n) is 2.12. The molecule has 2 aromatic rings. The van der Waals surface area contributed by atoms with E-state index >= 15 is 0 Å². The number of hydrogen-bond donors (Lipinski definition) is 1. The van der Waals surface area contributed by atoms with Gasteiger partial charge in [-0.25, -0.2) is 0 Å². The number of aryl methyl sites for hydroxylation is 2. The summed E-state index contributed by atoms with van der Waals surface area (Å²) in [5.74, 6) is 0.915. The first-order chi connectivity index (χ1) is 8.65. The van der Waals surface area contributed by atoms with Gasteiger partial charge in [0, 0.05) is 25.4 Å². The Balaban J connectivity index is 2.44. The highest BCUT2D eigenvalue weighted by atomic mass is 16.5. The average Bonchev–Trinajstić information content (AvgIpc) is 2.71. The Kier molecular flexibility index (Phi) is 3.67. The van der Waals surface area contributed by atoms with Crippen LogP contribution in [-0.2, 0) is 13.6 Å². The van der Waals surface area contributed by atoms with E-state index in [9.17, 15) is 0 Å². The van der Waals surface area contributed by atoms with E-state index in [-0.39, 0.29) is 0 Å². The van der Waals surface area contributed by atoms with Gasteiger partial charge in [0.25, 0.3) is 0 Å². The minimum atomic E-state index is 0.765. The summed E-state index contributed by atoms with van der Waals surface area (Å²) in [5.41, 5.74) is 4.53. The fourth-order valence-corrected chi connectivity index (χ4v) is 2.12. The molecule has 18 heavy (non-hydrogen) atoms. The molecule has 0 atom stereocenters. The van der Waals surface area contributed by atoms with Crippen molar-refractivity contribution in [3.8, 4) is 16.9 Å². The highest BCUT2D eigenvalue weighted by molar-refractivity contribution is 5.67. The lowest BCUT2D eigenvalue weighted by Gasteiger charge is -2.07. The number of methoxy groups -OCH3 is 1. The van der Waals surface area contributed by atoms with Gasteiger partial charge in [-0.15, -0.1) is 0 Å². The van der Waals surface area contributed by atoms with Crippen molar-refractivity contribution in [3.05, 3.63) is 35.7 Å². The second-order valence-corrected chi connectivity index (χ2v) is 4.38. The molecule has 0 saturated heterocycles. The van der Waals surface area contributed by atoms with E-state index in [1.807, 2.05) is 31.0 Å². The molecular formula is C14H19N3O. The van der Waals surface area contributed by atoms with E-state index in [4.69, 9.17) is 4.74 Å². The van der Waals surface area contributed by atoms with Crippen LogP contribution in [-0.4, -0.2) is 23.9 Å². The van der Waals surface area contributed by atoms with Crippen LogP contribution in [0.5, 0.6) is 5.75 Å². The van der Waals surface area contributed by atoms with E-state index in [1.165, 1.54) is 5.56 Å². The van der Waals surface area contributed by atoms with Crippen molar-refractivity contribution in [3.63, 3.8) is 0 Å². The molecule has 1 heterocycles. The zero-order chi connectivity index (χ0) is 13.1. The smallest absolute Gasteiger partial charge is 0.121 e. The Labute approximate surface area is 108 Å². The van der Waals surface area contributed by atoms with E-state index in [2.05, 4.69) is 29.5 Å². The summed E-state index contributed by atoms with van der Waals surface area (Å²) in [7, 11) is 5.56. The molecule has 1 aromatic heterocycles. The summed E-state index contributed by atoms with van der Waals surface area (Å²) < 4.78 is 7.13. The number of benzene rings is 1. The molecule has 1 N–H and O–H groups in total. The Hall–Kier alpha value is -1.81. The van der Waals surface area contributed by atoms with Crippen LogP contribution < -0.4 is 10.1 Å². The summed E-state index contributed by atoms with van der Waals surface area (Å²) in [6, 6.07) is 6.21. The standard InChI is InChI=1S/C14H19N3O/c1-10-7-11(5-6-14(10)18-4)12-9-17(3)16-13(12)8-15-2/h5-7,9,15H,8H2,1-4H3. The van der Waals surface area contributed by atoms with Crippen LogP contribution in [0.1, 0.15) is 11.3 Å². The zero-order valence-electron chi connectivity index (χ0n) is 11.3. The second-order valence-electron chi connectivity index (χ2n) is 4.38. The Morgan fingerprint density at radius 2 is 2.17 bits per heavy atom. The molecular weight excluding hydrogens is 226 g/mol. The van der Waals surface area contributed by atoms with Crippen LogP contribution >= 0.6 is 0 Å². The first kappa shape index (κ1) is 12.6. The Morgan fingerprint density at radius 3 is 2.78 bits per heavy atom. The van der Waals surface area contributed by atoms with Crippen molar-refractivity contribution >= 4 is 0 Å². The van der Waals surface area contributed by atoms with E-state index in [1.54, 1.807) is 7.11 Å². The first-order valence-electron chi connectivity index (χ1n) is 5.98. The molecule has 4 nitrogen and oxygen atoms in total. The quantitative estimate of drug-likeness (QED) is 0.896. The molecule has 96 valence electrons. The van der Waals surface area contributed by atoms with Crippen LogP contribution in [0.3, 0.4) is 0 Å². The fraction of sp³-hybridized carbons (Fsp3) is 0.357. The molecule has 1 aromatic carbocycles. The van der Waals surface area contributed by atoms with Gasteiger partial charge < -0.3 is 10.1 Å². The van der Waals surface area contributed by atoms with Crippen LogP contribution in [0.25, 0.3) is 11.1 Å². The van der Waals surface area contributed by atoms with Crippen molar-refractivity contribution in [2.75, 3.05) is 14.2 Å². The number of nitrogens with one attached hydrogen (secondary N) is 1. The van der Waals surface area contributed by atoms with Gasteiger partial charge in [0.15, 0.2) is 0 Å². The van der Waals surface area contributed by atoms with Crippen molar-refractivity contribution in [1.82, 2.24) is 15.1 Å². The summed E-state index contributed by atoms with van der Waals surface area (Å²) in [4.78, 5) is 0. The van der Waals surface area contributed by atoms with Crippen LogP contribution in [0.15, 0.2) is 24.4 Å². The third kappa shape index (κ3) is 2.38. The topological polar surface area (TPSA) is 39.1 Å². The lowest BCUT2D eigenvalue weighted by atomic mass is 10.0. The van der Waals surface area contributed by atoms with Gasteiger partial charge in [-0.2, -0.15) is 5.10 Å². The number of hydrogen-bond acceptors (Lipinski definition) is 3. The normalized spacial score (nSPS) is 10.7. The maximum Gasteiger partial charge on any atom is 0.121 e. The average molecular weight is 245 g/mol. The number of nitrogens with zero attached hydrogens (tertiary/aromatic N) is 2. The largest absolute Gasteiger partial charge is 0.496 e. The van der Waals surface area contributed by atoms with Crippen molar-refractivity contribution in [1.29, 1.82) is 0 Å². The lowest BCUT2D eigenvalue weighted by molar-refractivity contribution is 0.412. The highest BCUT2D eigenvalue weighted by Gasteiger charge is 2.10. The predicted octanol–water partition coefficient (Wildman–Crippen LogP) is 2.12. The summed E-state index contributed by atoms with van der Waals surface area (Å²) in [6.45, 7) is 2.82. The van der Waals surface area contributed by atoms with Gasteiger partial charge in [0.2, 0.25) is 0 Å². The monoisotopic (exact) mass is 245 g/mol. The molecule has 0 spiro atoms. The van der Waals surface area contributed by atoms with Crippen LogP contribution in [0, 0.1) is 6.92 Å². The van der Waals surface area contributed by atoms with Gasteiger partial charge in [-0.1, -0.05) is 6.07 Å². The Bertz CT molecular complexity index is 546. The maximum absolute atomic E-state index is 5.29. The first-order valence-corrected chi connectivity index (χ1v) is 5.98. The van der Waals surface area contributed by atoms with Gasteiger partial charge >= 0.3 is 0 Å². The molecule has 0 saturated carbocycles. The summed E-state index contributed by atoms with van der Waals surface area (Å²) >= 11 is 0. The van der Waals surface area contributed by atoms with E-state index in [0.29, 0.717) is 0 Å². The number of ether oxygens (including phenoxy) is 1. The third-order valence-corrected chi connectivity index (χ3v) is 2.96. The second kappa shape index (κ2) is 5.23. The zero-order valence-corrected chi connectivity index (χ0v) is 11.3. The lowest BCUT2D eigenvalue weighted by Crippen LogP contribution is -2.07. The van der Waals surface area contributed by atoms with Gasteiger partial charge in [0.05, 0.1) is 12.8 Å². The minimum Gasteiger partial charge on any atom is -0.496 e. The number of rotatable bonds is 4. The minimum absolute atomic E-state index is 0.765. The molecule has 2 rings (SSSR count). The molecule has 0 bridgehead atoms. The van der Waals surface area contributed by atoms with E-state index < -0.39 is 0 Å². The van der Waals surface area contributed by atoms with Gasteiger partial charge in [-0.05, 0) is 37.2 Å². The molecule has 0 amide bonds. The molecule has 0 aliphatic heterocycles. The molecule has 0 aliphatic rings. The van der Waals surface area contributed by atoms with Crippen molar-refractivity contribution in [2.45, 2.75) is 13.5 Å². The maximum atomic E-state index is 5.29. The molecule has 4 heteroatoms. The number of aromatic nitrogens is 2. The third-order valence-electron chi connectivity index (χ3n) is 2.96. The van der Waals surface area contributed by atoms with Crippen molar-refractivity contribution in [2.24, 2.45) is 7.05 Å². The SMILES string of the molecule is CNCc1nn(C)cc1-c1ccc(OC)c(C)c1. The van der Waals surface area contributed by atoms with Crippen molar-refractivity contribution < 1.29 is 4.74 Å². The summed E-state index contributed by atoms with van der Waals surface area (Å²) in [5, 5.41) is 7.62. The van der Waals surface area contributed by atoms with Crippen LogP contribution in [0.4, 0.5) is 0 Å². The molecule has 0 unspecified atom stereocenters. The van der Waals surface area contributed by atoms with Gasteiger partial charge in [0.1, 0.15) is 5.75 Å². The highest BCUT2D eigenvalue weighted by Crippen LogP contribution is 2.27. The molecule has 0 aliphatic carbocycles. The molecule has 0 radical (unpaired) electrons. The predicted molar refractivity (Wildman–Crippen MR) is 72.7 cm³/mol.